The molecule has 0 aliphatic heterocycles. The van der Waals surface area contributed by atoms with Crippen LogP contribution in [-0.4, -0.2) is 12.5 Å². The fraction of sp³-hybridized carbons (Fsp3) is 0.250. The summed E-state index contributed by atoms with van der Waals surface area (Å²) in [5, 5.41) is 3.16. The van der Waals surface area contributed by atoms with Gasteiger partial charge < -0.3 is 4.74 Å². The SMILES string of the molecule is Cc1ccc(S/N=C(/C=C/Sc2cc(Cl)cc(Cl)c2)OCC(C)C)cc1. The van der Waals surface area contributed by atoms with Crippen LogP contribution in [0.4, 0.5) is 0 Å². The van der Waals surface area contributed by atoms with E-state index in [9.17, 15) is 0 Å². The Labute approximate surface area is 174 Å². The van der Waals surface area contributed by atoms with Crippen LogP contribution >= 0.6 is 46.9 Å². The molecule has 0 amide bonds. The molecule has 26 heavy (non-hydrogen) atoms. The van der Waals surface area contributed by atoms with Crippen molar-refractivity contribution in [3.05, 3.63) is 69.6 Å². The van der Waals surface area contributed by atoms with Gasteiger partial charge in [-0.25, -0.2) is 0 Å². The average Bonchev–Trinajstić information content (AvgIpc) is 2.57. The summed E-state index contributed by atoms with van der Waals surface area (Å²) in [6, 6.07) is 13.7. The molecule has 138 valence electrons. The van der Waals surface area contributed by atoms with Crippen molar-refractivity contribution in [1.29, 1.82) is 0 Å². The summed E-state index contributed by atoms with van der Waals surface area (Å²) < 4.78 is 10.3. The van der Waals surface area contributed by atoms with Gasteiger partial charge in [0.2, 0.25) is 5.90 Å². The van der Waals surface area contributed by atoms with Crippen LogP contribution in [0.15, 0.2) is 68.1 Å². The van der Waals surface area contributed by atoms with E-state index in [1.165, 1.54) is 29.3 Å². The number of halogens is 2. The average molecular weight is 426 g/mol. The van der Waals surface area contributed by atoms with Crippen LogP contribution < -0.4 is 0 Å². The topological polar surface area (TPSA) is 21.6 Å². The molecule has 0 bridgehead atoms. The van der Waals surface area contributed by atoms with Gasteiger partial charge in [0, 0.05) is 37.9 Å². The molecule has 2 rings (SSSR count). The largest absolute Gasteiger partial charge is 0.477 e. The molecular weight excluding hydrogens is 405 g/mol. The lowest BCUT2D eigenvalue weighted by molar-refractivity contribution is 0.262. The molecule has 2 aromatic rings. The summed E-state index contributed by atoms with van der Waals surface area (Å²) in [5.74, 6) is 1.02. The molecule has 0 aromatic heterocycles. The van der Waals surface area contributed by atoms with Crippen molar-refractivity contribution in [1.82, 2.24) is 0 Å². The molecule has 0 heterocycles. The van der Waals surface area contributed by atoms with Crippen LogP contribution in [-0.2, 0) is 4.74 Å². The molecule has 0 saturated carbocycles. The maximum absolute atomic E-state index is 6.03. The first-order valence-electron chi connectivity index (χ1n) is 8.16. The number of hydrogen-bond donors (Lipinski definition) is 0. The van der Waals surface area contributed by atoms with Crippen LogP contribution in [0.3, 0.4) is 0 Å². The van der Waals surface area contributed by atoms with Crippen LogP contribution in [0.25, 0.3) is 0 Å². The highest BCUT2D eigenvalue weighted by Crippen LogP contribution is 2.27. The van der Waals surface area contributed by atoms with Crippen LogP contribution in [0.1, 0.15) is 19.4 Å². The van der Waals surface area contributed by atoms with Crippen molar-refractivity contribution in [3.8, 4) is 0 Å². The van der Waals surface area contributed by atoms with E-state index >= 15 is 0 Å². The Morgan fingerprint density at radius 2 is 1.73 bits per heavy atom. The van der Waals surface area contributed by atoms with Gasteiger partial charge in [-0.3, -0.25) is 0 Å². The van der Waals surface area contributed by atoms with Crippen molar-refractivity contribution in [2.45, 2.75) is 30.6 Å². The minimum Gasteiger partial charge on any atom is -0.477 e. The van der Waals surface area contributed by atoms with Gasteiger partial charge in [0.15, 0.2) is 0 Å². The van der Waals surface area contributed by atoms with Gasteiger partial charge in [0.25, 0.3) is 0 Å². The van der Waals surface area contributed by atoms with E-state index in [2.05, 4.69) is 49.4 Å². The van der Waals surface area contributed by atoms with Gasteiger partial charge in [-0.1, -0.05) is 66.5 Å². The lowest BCUT2D eigenvalue weighted by atomic mass is 10.2. The maximum atomic E-state index is 6.03. The van der Waals surface area contributed by atoms with Crippen molar-refractivity contribution in [3.63, 3.8) is 0 Å². The number of ether oxygens (including phenoxy) is 1. The molecule has 0 aliphatic rings. The van der Waals surface area contributed by atoms with Gasteiger partial charge in [-0.05, 0) is 48.6 Å². The molecule has 0 unspecified atom stereocenters. The van der Waals surface area contributed by atoms with E-state index in [1.54, 1.807) is 6.07 Å². The van der Waals surface area contributed by atoms with Gasteiger partial charge in [-0.15, -0.1) is 0 Å². The number of rotatable bonds is 7. The summed E-state index contributed by atoms with van der Waals surface area (Å²) in [5.41, 5.74) is 1.23. The van der Waals surface area contributed by atoms with Gasteiger partial charge in [0.05, 0.1) is 6.61 Å². The minimum absolute atomic E-state index is 0.428. The highest BCUT2D eigenvalue weighted by atomic mass is 35.5. The molecule has 6 heteroatoms. The second-order valence-electron chi connectivity index (χ2n) is 6.06. The van der Waals surface area contributed by atoms with Crippen molar-refractivity contribution in [2.75, 3.05) is 6.61 Å². The second kappa shape index (κ2) is 10.9. The quantitative estimate of drug-likeness (QED) is 0.196. The van der Waals surface area contributed by atoms with E-state index in [0.717, 1.165) is 9.79 Å². The number of nitrogens with zero attached hydrogens (tertiary/aromatic N) is 1. The summed E-state index contributed by atoms with van der Waals surface area (Å²) in [6.07, 6.45) is 1.86. The molecule has 0 fully saturated rings. The van der Waals surface area contributed by atoms with Gasteiger partial charge in [-0.2, -0.15) is 4.40 Å². The molecule has 0 aliphatic carbocycles. The number of benzene rings is 2. The normalized spacial score (nSPS) is 12.2. The summed E-state index contributed by atoms with van der Waals surface area (Å²) >= 11 is 15.0. The molecular formula is C20H21Cl2NOS2. The first-order valence-corrected chi connectivity index (χ1v) is 10.6. The third kappa shape index (κ3) is 8.09. The Hall–Kier alpha value is -1.07. The Balaban J connectivity index is 2.05. The Morgan fingerprint density at radius 3 is 2.35 bits per heavy atom. The first kappa shape index (κ1) is 21.2. The third-order valence-electron chi connectivity index (χ3n) is 3.08. The molecule has 0 spiro atoms. The van der Waals surface area contributed by atoms with Crippen LogP contribution in [0, 0.1) is 12.8 Å². The van der Waals surface area contributed by atoms with E-state index < -0.39 is 0 Å². The van der Waals surface area contributed by atoms with E-state index in [4.69, 9.17) is 27.9 Å². The summed E-state index contributed by atoms with van der Waals surface area (Å²) in [7, 11) is 0. The molecule has 2 nitrogen and oxygen atoms in total. The fourth-order valence-corrected chi connectivity index (χ4v) is 3.77. The number of thioether (sulfide) groups is 1. The van der Waals surface area contributed by atoms with Crippen LogP contribution in [0.2, 0.25) is 10.0 Å². The zero-order valence-electron chi connectivity index (χ0n) is 14.9. The monoisotopic (exact) mass is 425 g/mol. The lowest BCUT2D eigenvalue weighted by Crippen LogP contribution is -2.07. The van der Waals surface area contributed by atoms with Crippen LogP contribution in [0.5, 0.6) is 0 Å². The predicted molar refractivity (Wildman–Crippen MR) is 117 cm³/mol. The van der Waals surface area contributed by atoms with E-state index in [-0.39, 0.29) is 0 Å². The summed E-state index contributed by atoms with van der Waals surface area (Å²) in [6.45, 7) is 6.90. The van der Waals surface area contributed by atoms with Crippen molar-refractivity contribution < 1.29 is 4.74 Å². The lowest BCUT2D eigenvalue weighted by Gasteiger charge is -2.08. The zero-order chi connectivity index (χ0) is 18.9. The second-order valence-corrected chi connectivity index (χ2v) is 8.75. The molecule has 0 N–H and O–H groups in total. The Morgan fingerprint density at radius 1 is 1.08 bits per heavy atom. The zero-order valence-corrected chi connectivity index (χ0v) is 18.1. The predicted octanol–water partition coefficient (Wildman–Crippen LogP) is 7.69. The van der Waals surface area contributed by atoms with Crippen molar-refractivity contribution >= 4 is 52.8 Å². The first-order chi connectivity index (χ1) is 12.4. The number of aryl methyl sites for hydroxylation is 1. The maximum Gasteiger partial charge on any atom is 0.221 e. The summed E-state index contributed by atoms with van der Waals surface area (Å²) in [4.78, 5) is 2.04. The van der Waals surface area contributed by atoms with E-state index in [1.807, 2.05) is 23.6 Å². The van der Waals surface area contributed by atoms with Gasteiger partial charge in [0.1, 0.15) is 0 Å². The van der Waals surface area contributed by atoms with E-state index in [0.29, 0.717) is 28.5 Å². The highest BCUT2D eigenvalue weighted by molar-refractivity contribution is 8.02. The molecule has 0 saturated heterocycles. The molecule has 2 aromatic carbocycles. The van der Waals surface area contributed by atoms with Gasteiger partial charge >= 0.3 is 0 Å². The number of hydrogen-bond acceptors (Lipinski definition) is 4. The fourth-order valence-electron chi connectivity index (χ4n) is 1.82. The highest BCUT2D eigenvalue weighted by Gasteiger charge is 2.02. The van der Waals surface area contributed by atoms with Crippen molar-refractivity contribution in [2.24, 2.45) is 10.3 Å². The minimum atomic E-state index is 0.428. The standard InChI is InChI=1S/C20H21Cl2NOS2/c1-14(2)13-24-20(23-26-18-6-4-15(3)5-7-18)8-9-25-19-11-16(21)10-17(22)12-19/h4-12,14H,13H2,1-3H3/b9-8+,23-20-. The molecule has 0 atom stereocenters. The smallest absolute Gasteiger partial charge is 0.221 e. The Bertz CT molecular complexity index is 754. The molecule has 0 radical (unpaired) electrons. The Kier molecular flexibility index (Phi) is 8.93. The third-order valence-corrected chi connectivity index (χ3v) is 5.05.